The number of imidazole rings is 1. The number of H-pyrrole nitrogens is 1. The van der Waals surface area contributed by atoms with Gasteiger partial charge in [-0.3, -0.25) is 9.36 Å². The highest BCUT2D eigenvalue weighted by atomic mass is 16.5. The Balaban J connectivity index is 1.59. The average molecular weight is 353 g/mol. The number of nitrogens with zero attached hydrogens (tertiary/aromatic N) is 1. The maximum absolute atomic E-state index is 12.3. The molecule has 2 N–H and O–H groups in total. The van der Waals surface area contributed by atoms with E-state index in [9.17, 15) is 9.59 Å². The van der Waals surface area contributed by atoms with E-state index in [0.717, 1.165) is 35.2 Å². The second-order valence-electron chi connectivity index (χ2n) is 6.16. The molecule has 0 aliphatic heterocycles. The normalized spacial score (nSPS) is 10.8. The first-order chi connectivity index (χ1) is 12.7. The van der Waals surface area contributed by atoms with Gasteiger partial charge in [-0.05, 0) is 36.2 Å². The monoisotopic (exact) mass is 353 g/mol. The highest BCUT2D eigenvalue weighted by Crippen LogP contribution is 2.14. The molecule has 0 fully saturated rings. The van der Waals surface area contributed by atoms with Crippen molar-refractivity contribution in [3.05, 3.63) is 64.6 Å². The van der Waals surface area contributed by atoms with E-state index in [1.165, 1.54) is 4.57 Å². The van der Waals surface area contributed by atoms with Gasteiger partial charge in [0.2, 0.25) is 5.91 Å². The SMILES string of the molecule is CCCCOc1cccc(CNC(=O)Cn2c(=O)[nH]c3ccccc32)c1. The molecule has 0 saturated carbocycles. The number of aromatic amines is 1. The first-order valence-electron chi connectivity index (χ1n) is 8.83. The molecule has 1 amide bonds. The number of nitrogens with one attached hydrogen (secondary N) is 2. The molecule has 0 unspecified atom stereocenters. The van der Waals surface area contributed by atoms with Crippen LogP contribution in [0.25, 0.3) is 11.0 Å². The van der Waals surface area contributed by atoms with Crippen LogP contribution in [0.15, 0.2) is 53.3 Å². The molecule has 3 rings (SSSR count). The molecule has 0 saturated heterocycles. The molecule has 3 aromatic rings. The lowest BCUT2D eigenvalue weighted by atomic mass is 10.2. The van der Waals surface area contributed by atoms with Crippen LogP contribution >= 0.6 is 0 Å². The summed E-state index contributed by atoms with van der Waals surface area (Å²) >= 11 is 0. The highest BCUT2D eigenvalue weighted by Gasteiger charge is 2.10. The quantitative estimate of drug-likeness (QED) is 0.612. The predicted molar refractivity (Wildman–Crippen MR) is 101 cm³/mol. The minimum Gasteiger partial charge on any atom is -0.494 e. The van der Waals surface area contributed by atoms with Gasteiger partial charge in [-0.15, -0.1) is 0 Å². The molecule has 1 heterocycles. The first-order valence-corrected chi connectivity index (χ1v) is 8.83. The van der Waals surface area contributed by atoms with Crippen molar-refractivity contribution in [1.29, 1.82) is 0 Å². The Morgan fingerprint density at radius 2 is 2.04 bits per heavy atom. The van der Waals surface area contributed by atoms with Crippen molar-refractivity contribution in [2.45, 2.75) is 32.9 Å². The van der Waals surface area contributed by atoms with Crippen LogP contribution in [0.1, 0.15) is 25.3 Å². The lowest BCUT2D eigenvalue weighted by molar-refractivity contribution is -0.121. The second kappa shape index (κ2) is 8.38. The zero-order valence-corrected chi connectivity index (χ0v) is 14.8. The van der Waals surface area contributed by atoms with Crippen molar-refractivity contribution in [3.63, 3.8) is 0 Å². The topological polar surface area (TPSA) is 76.1 Å². The Hall–Kier alpha value is -3.02. The van der Waals surface area contributed by atoms with E-state index in [-0.39, 0.29) is 18.1 Å². The van der Waals surface area contributed by atoms with Gasteiger partial charge in [0.25, 0.3) is 0 Å². The third-order valence-electron chi connectivity index (χ3n) is 4.14. The number of carbonyl (C=O) groups is 1. The number of fused-ring (bicyclic) bond motifs is 1. The van der Waals surface area contributed by atoms with Crippen molar-refractivity contribution >= 4 is 16.9 Å². The number of ether oxygens (including phenoxy) is 1. The van der Waals surface area contributed by atoms with E-state index >= 15 is 0 Å². The van der Waals surface area contributed by atoms with Crippen LogP contribution in [-0.4, -0.2) is 22.1 Å². The largest absolute Gasteiger partial charge is 0.494 e. The van der Waals surface area contributed by atoms with Gasteiger partial charge in [0.15, 0.2) is 0 Å². The number of unbranched alkanes of at least 4 members (excludes halogenated alkanes) is 1. The predicted octanol–water partition coefficient (Wildman–Crippen LogP) is 2.82. The highest BCUT2D eigenvalue weighted by molar-refractivity contribution is 5.80. The molecule has 6 nitrogen and oxygen atoms in total. The Morgan fingerprint density at radius 1 is 1.19 bits per heavy atom. The Kier molecular flexibility index (Phi) is 5.73. The summed E-state index contributed by atoms with van der Waals surface area (Å²) in [7, 11) is 0. The number of benzene rings is 2. The summed E-state index contributed by atoms with van der Waals surface area (Å²) in [4.78, 5) is 27.0. The van der Waals surface area contributed by atoms with Crippen molar-refractivity contribution < 1.29 is 9.53 Å². The van der Waals surface area contributed by atoms with Crippen LogP contribution in [0.5, 0.6) is 5.75 Å². The van der Waals surface area contributed by atoms with Crippen molar-refractivity contribution in [2.24, 2.45) is 0 Å². The maximum Gasteiger partial charge on any atom is 0.326 e. The van der Waals surface area contributed by atoms with E-state index in [2.05, 4.69) is 17.2 Å². The molecule has 0 aliphatic carbocycles. The van der Waals surface area contributed by atoms with Gasteiger partial charge in [0.05, 0.1) is 17.6 Å². The molecule has 0 atom stereocenters. The number of carbonyl (C=O) groups excluding carboxylic acids is 1. The summed E-state index contributed by atoms with van der Waals surface area (Å²) in [6.07, 6.45) is 2.10. The van der Waals surface area contributed by atoms with Gasteiger partial charge < -0.3 is 15.0 Å². The van der Waals surface area contributed by atoms with Crippen LogP contribution in [0.2, 0.25) is 0 Å². The van der Waals surface area contributed by atoms with E-state index in [1.54, 1.807) is 0 Å². The van der Waals surface area contributed by atoms with Crippen molar-refractivity contribution in [3.8, 4) is 5.75 Å². The maximum atomic E-state index is 12.3. The van der Waals surface area contributed by atoms with Crippen molar-refractivity contribution in [1.82, 2.24) is 14.9 Å². The molecule has 26 heavy (non-hydrogen) atoms. The standard InChI is InChI=1S/C20H23N3O3/c1-2-3-11-26-16-8-6-7-15(12-16)13-21-19(24)14-23-18-10-5-4-9-17(18)22-20(23)25/h4-10,12H,2-3,11,13-14H2,1H3,(H,21,24)(H,22,25). The lowest BCUT2D eigenvalue weighted by Gasteiger charge is -2.09. The Labute approximate surface area is 151 Å². The molecular weight excluding hydrogens is 330 g/mol. The fourth-order valence-corrected chi connectivity index (χ4v) is 2.74. The smallest absolute Gasteiger partial charge is 0.326 e. The van der Waals surface area contributed by atoms with Crippen LogP contribution in [0.4, 0.5) is 0 Å². The zero-order chi connectivity index (χ0) is 18.4. The molecule has 6 heteroatoms. The lowest BCUT2D eigenvalue weighted by Crippen LogP contribution is -2.31. The molecule has 0 spiro atoms. The van der Waals surface area contributed by atoms with Crippen LogP contribution in [-0.2, 0) is 17.9 Å². The van der Waals surface area contributed by atoms with Gasteiger partial charge >= 0.3 is 5.69 Å². The summed E-state index contributed by atoms with van der Waals surface area (Å²) in [5, 5.41) is 2.86. The third kappa shape index (κ3) is 4.33. The summed E-state index contributed by atoms with van der Waals surface area (Å²) in [5.74, 6) is 0.590. The first kappa shape index (κ1) is 17.8. The zero-order valence-electron chi connectivity index (χ0n) is 14.8. The molecule has 0 bridgehead atoms. The molecular formula is C20H23N3O3. The summed E-state index contributed by atoms with van der Waals surface area (Å²) < 4.78 is 7.12. The molecule has 2 aromatic carbocycles. The summed E-state index contributed by atoms with van der Waals surface area (Å²) in [5.41, 5.74) is 2.12. The summed E-state index contributed by atoms with van der Waals surface area (Å²) in [6, 6.07) is 15.0. The number of aromatic nitrogens is 2. The minimum atomic E-state index is -0.285. The molecule has 136 valence electrons. The minimum absolute atomic E-state index is 0.0183. The second-order valence-corrected chi connectivity index (χ2v) is 6.16. The number of rotatable bonds is 8. The van der Waals surface area contributed by atoms with Gasteiger partial charge in [-0.25, -0.2) is 4.79 Å². The molecule has 1 aromatic heterocycles. The fraction of sp³-hybridized carbons (Fsp3) is 0.300. The van der Waals surface area contributed by atoms with Gasteiger partial charge in [-0.1, -0.05) is 37.6 Å². The Morgan fingerprint density at radius 3 is 2.88 bits per heavy atom. The van der Waals surface area contributed by atoms with Gasteiger partial charge in [-0.2, -0.15) is 0 Å². The van der Waals surface area contributed by atoms with Crippen LogP contribution < -0.4 is 15.7 Å². The van der Waals surface area contributed by atoms with Crippen LogP contribution in [0, 0.1) is 0 Å². The van der Waals surface area contributed by atoms with Crippen molar-refractivity contribution in [2.75, 3.05) is 6.61 Å². The molecule has 0 radical (unpaired) electrons. The number of amides is 1. The third-order valence-corrected chi connectivity index (χ3v) is 4.14. The van der Waals surface area contributed by atoms with Gasteiger partial charge in [0.1, 0.15) is 12.3 Å². The summed E-state index contributed by atoms with van der Waals surface area (Å²) in [6.45, 7) is 3.18. The number of hydrogen-bond donors (Lipinski definition) is 2. The van der Waals surface area contributed by atoms with E-state index in [1.807, 2.05) is 48.5 Å². The van der Waals surface area contributed by atoms with E-state index < -0.39 is 0 Å². The average Bonchev–Trinajstić information content (AvgIpc) is 2.96. The number of para-hydroxylation sites is 2. The van der Waals surface area contributed by atoms with E-state index in [4.69, 9.17) is 4.74 Å². The van der Waals surface area contributed by atoms with Crippen LogP contribution in [0.3, 0.4) is 0 Å². The molecule has 0 aliphatic rings. The Bertz CT molecular complexity index is 943. The fourth-order valence-electron chi connectivity index (χ4n) is 2.74. The number of hydrogen-bond acceptors (Lipinski definition) is 3. The van der Waals surface area contributed by atoms with Gasteiger partial charge in [0, 0.05) is 6.54 Å². The van der Waals surface area contributed by atoms with E-state index in [0.29, 0.717) is 13.2 Å².